The third-order valence-corrected chi connectivity index (χ3v) is 12.4. The summed E-state index contributed by atoms with van der Waals surface area (Å²) in [5, 5.41) is 51.5. The molecule has 0 bridgehead atoms. The zero-order valence-electron chi connectivity index (χ0n) is 34.2. The number of fused-ring (bicyclic) bond motifs is 2. The number of amides is 1. The number of benzene rings is 4. The Morgan fingerprint density at radius 2 is 1.76 bits per heavy atom. The van der Waals surface area contributed by atoms with E-state index in [9.17, 15) is 25.4 Å². The van der Waals surface area contributed by atoms with Crippen molar-refractivity contribution >= 4 is 39.8 Å². The Balaban J connectivity index is 0.896. The minimum absolute atomic E-state index is 0.0423. The van der Waals surface area contributed by atoms with Crippen molar-refractivity contribution in [1.29, 1.82) is 5.26 Å². The molecule has 6 aromatic rings. The SMILES string of the molecule is C=CC(=O)N1CCN(c2nc(OCC3CN(Cc4ccc(-n5c(O)nnc5-c5cc(C)c(O)cc5O)cc4)C3)nc3c2CCN(c2cccc4cccc(Cl)c24)C3)CC1CC#N. The first-order valence-electron chi connectivity index (χ1n) is 20.6. The van der Waals surface area contributed by atoms with Crippen molar-refractivity contribution in [3.63, 3.8) is 0 Å². The van der Waals surface area contributed by atoms with Gasteiger partial charge in [-0.15, -0.1) is 5.10 Å². The predicted octanol–water partition coefficient (Wildman–Crippen LogP) is 6.15. The van der Waals surface area contributed by atoms with Crippen molar-refractivity contribution in [2.75, 3.05) is 55.7 Å². The molecule has 1 unspecified atom stereocenters. The first-order chi connectivity index (χ1) is 30.1. The van der Waals surface area contributed by atoms with Gasteiger partial charge in [-0.2, -0.15) is 15.2 Å². The van der Waals surface area contributed by atoms with Crippen molar-refractivity contribution in [2.45, 2.75) is 38.9 Å². The van der Waals surface area contributed by atoms with Gasteiger partial charge in [-0.3, -0.25) is 9.69 Å². The number of hydrogen-bond donors (Lipinski definition) is 3. The fourth-order valence-corrected chi connectivity index (χ4v) is 9.14. The normalized spacial score (nSPS) is 16.8. The maximum absolute atomic E-state index is 12.7. The molecule has 3 N–H and O–H groups in total. The standard InChI is InChI=1S/C46H45ClN10O5/c1-3-41(60)56-19-18-55(25-33(56)14-16-48)43-34-15-17-54(38-9-5-7-31-6-4-8-36(47)42(31)38)26-37(34)49-45(50-43)62-27-30-23-53(24-30)22-29-10-12-32(13-11-29)57-44(51-52-46(57)61)35-20-28(2)39(58)21-40(35)59/h3-13,20-21,30,33,58-59H,1,14-15,17-19,22-27H2,2H3,(H,52,61). The van der Waals surface area contributed by atoms with Crippen molar-refractivity contribution in [3.05, 3.63) is 113 Å². The number of ether oxygens (including phenoxy) is 1. The number of rotatable bonds is 11. The number of piperazine rings is 1. The molecule has 9 rings (SSSR count). The molecule has 1 amide bonds. The number of likely N-dealkylation sites (tertiary alicyclic amines) is 1. The van der Waals surface area contributed by atoms with Crippen LogP contribution in [0, 0.1) is 24.2 Å². The summed E-state index contributed by atoms with van der Waals surface area (Å²) in [6.45, 7) is 10.9. The lowest BCUT2D eigenvalue weighted by molar-refractivity contribution is -0.128. The van der Waals surface area contributed by atoms with E-state index in [-0.39, 0.29) is 47.6 Å². The number of carbonyl (C=O) groups is 1. The molecular weight excluding hydrogens is 808 g/mol. The lowest BCUT2D eigenvalue weighted by Crippen LogP contribution is -2.55. The van der Waals surface area contributed by atoms with E-state index in [4.69, 9.17) is 26.3 Å². The van der Waals surface area contributed by atoms with Crippen molar-refractivity contribution < 1.29 is 24.9 Å². The van der Waals surface area contributed by atoms with Crippen LogP contribution in [0.1, 0.15) is 28.8 Å². The largest absolute Gasteiger partial charge is 0.508 e. The molecule has 316 valence electrons. The van der Waals surface area contributed by atoms with Crippen LogP contribution in [0.15, 0.2) is 85.5 Å². The van der Waals surface area contributed by atoms with Gasteiger partial charge in [0.1, 0.15) is 17.3 Å². The van der Waals surface area contributed by atoms with Gasteiger partial charge in [0.15, 0.2) is 5.82 Å². The number of halogens is 1. The van der Waals surface area contributed by atoms with Gasteiger partial charge in [0.05, 0.1) is 53.7 Å². The number of hydrogen-bond acceptors (Lipinski definition) is 13. The molecule has 0 aliphatic carbocycles. The van der Waals surface area contributed by atoms with E-state index in [1.54, 1.807) is 17.9 Å². The summed E-state index contributed by atoms with van der Waals surface area (Å²) in [7, 11) is 0. The number of aryl methyl sites for hydroxylation is 1. The van der Waals surface area contributed by atoms with Crippen LogP contribution in [0.3, 0.4) is 0 Å². The number of aromatic hydroxyl groups is 3. The van der Waals surface area contributed by atoms with Gasteiger partial charge in [-0.05, 0) is 66.3 Å². The Labute approximate surface area is 363 Å². The second-order valence-electron chi connectivity index (χ2n) is 16.1. The Morgan fingerprint density at radius 3 is 2.53 bits per heavy atom. The highest BCUT2D eigenvalue weighted by molar-refractivity contribution is 6.36. The van der Waals surface area contributed by atoms with Gasteiger partial charge in [0.2, 0.25) is 5.91 Å². The van der Waals surface area contributed by atoms with E-state index in [2.05, 4.69) is 55.7 Å². The van der Waals surface area contributed by atoms with E-state index in [0.29, 0.717) is 73.6 Å². The Hall–Kier alpha value is -6.89. The predicted molar refractivity (Wildman–Crippen MR) is 235 cm³/mol. The second kappa shape index (κ2) is 16.9. The summed E-state index contributed by atoms with van der Waals surface area (Å²) in [6, 6.07) is 24.6. The average Bonchev–Trinajstić information content (AvgIpc) is 3.65. The van der Waals surface area contributed by atoms with Gasteiger partial charge < -0.3 is 34.8 Å². The Morgan fingerprint density at radius 1 is 0.968 bits per heavy atom. The lowest BCUT2D eigenvalue weighted by atomic mass is 10.00. The highest BCUT2D eigenvalue weighted by Gasteiger charge is 2.34. The van der Waals surface area contributed by atoms with E-state index in [1.165, 1.54) is 16.7 Å². The molecule has 3 aliphatic heterocycles. The Bertz CT molecular complexity index is 2730. The van der Waals surface area contributed by atoms with Crippen LogP contribution in [-0.2, 0) is 24.3 Å². The molecular formula is C46H45ClN10O5. The number of nitriles is 1. The first-order valence-corrected chi connectivity index (χ1v) is 20.9. The highest BCUT2D eigenvalue weighted by atomic mass is 35.5. The molecule has 1 atom stereocenters. The molecule has 2 fully saturated rings. The second-order valence-corrected chi connectivity index (χ2v) is 16.5. The molecule has 5 heterocycles. The van der Waals surface area contributed by atoms with Crippen LogP contribution in [0.25, 0.3) is 27.8 Å². The molecule has 2 saturated heterocycles. The first kappa shape index (κ1) is 40.5. The number of nitrogens with zero attached hydrogens (tertiary/aromatic N) is 10. The fourth-order valence-electron chi connectivity index (χ4n) is 8.86. The van der Waals surface area contributed by atoms with E-state index in [0.717, 1.165) is 58.7 Å². The monoisotopic (exact) mass is 852 g/mol. The summed E-state index contributed by atoms with van der Waals surface area (Å²) < 4.78 is 7.86. The third kappa shape index (κ3) is 7.78. The van der Waals surface area contributed by atoms with Gasteiger partial charge in [0, 0.05) is 74.4 Å². The molecule has 0 radical (unpaired) electrons. The topological polar surface area (TPSA) is 180 Å². The van der Waals surface area contributed by atoms with Crippen molar-refractivity contribution in [1.82, 2.24) is 34.5 Å². The van der Waals surface area contributed by atoms with E-state index >= 15 is 0 Å². The zero-order valence-corrected chi connectivity index (χ0v) is 34.9. The van der Waals surface area contributed by atoms with Crippen LogP contribution in [0.2, 0.25) is 5.02 Å². The number of phenolic OH excluding ortho intramolecular Hbond substituents is 2. The average molecular weight is 853 g/mol. The van der Waals surface area contributed by atoms with Gasteiger partial charge in [-0.25, -0.2) is 4.57 Å². The van der Waals surface area contributed by atoms with Gasteiger partial charge in [-0.1, -0.05) is 59.7 Å². The van der Waals surface area contributed by atoms with E-state index in [1.807, 2.05) is 42.5 Å². The van der Waals surface area contributed by atoms with Crippen LogP contribution in [-0.4, -0.2) is 108 Å². The number of aromatic nitrogens is 5. The number of anilines is 2. The maximum atomic E-state index is 12.7. The minimum atomic E-state index is -0.323. The van der Waals surface area contributed by atoms with Crippen molar-refractivity contribution in [2.24, 2.45) is 5.92 Å². The van der Waals surface area contributed by atoms with Crippen LogP contribution in [0.4, 0.5) is 11.5 Å². The lowest BCUT2D eigenvalue weighted by Gasteiger charge is -2.42. The summed E-state index contributed by atoms with van der Waals surface area (Å²) in [5.74, 6) is 0.894. The van der Waals surface area contributed by atoms with Gasteiger partial charge >= 0.3 is 12.0 Å². The summed E-state index contributed by atoms with van der Waals surface area (Å²) >= 11 is 6.76. The Kier molecular flexibility index (Phi) is 11.0. The molecule has 0 spiro atoms. The molecule has 2 aromatic heterocycles. The summed E-state index contributed by atoms with van der Waals surface area (Å²) in [6.07, 6.45) is 2.20. The highest BCUT2D eigenvalue weighted by Crippen LogP contribution is 2.39. The number of phenols is 2. The molecule has 0 saturated carbocycles. The fraction of sp³-hybridized carbons (Fsp3) is 0.304. The molecule has 4 aromatic carbocycles. The van der Waals surface area contributed by atoms with Gasteiger partial charge in [0.25, 0.3) is 0 Å². The molecule has 16 heteroatoms. The van der Waals surface area contributed by atoms with E-state index < -0.39 is 0 Å². The van der Waals surface area contributed by atoms with Crippen molar-refractivity contribution in [3.8, 4) is 46.7 Å². The maximum Gasteiger partial charge on any atom is 0.319 e. The molecule has 3 aliphatic rings. The van der Waals surface area contributed by atoms with Crippen LogP contribution < -0.4 is 14.5 Å². The summed E-state index contributed by atoms with van der Waals surface area (Å²) in [4.78, 5) is 31.3. The van der Waals surface area contributed by atoms with Crippen LogP contribution in [0.5, 0.6) is 23.5 Å². The number of carbonyl (C=O) groups excluding carboxylic acids is 1. The third-order valence-electron chi connectivity index (χ3n) is 12.0. The minimum Gasteiger partial charge on any atom is -0.508 e. The quantitative estimate of drug-likeness (QED) is 0.127. The van der Waals surface area contributed by atoms with Crippen LogP contribution >= 0.6 is 11.6 Å². The molecule has 15 nitrogen and oxygen atoms in total. The molecule has 62 heavy (non-hydrogen) atoms. The summed E-state index contributed by atoms with van der Waals surface area (Å²) in [5.41, 5.74) is 5.55. The zero-order chi connectivity index (χ0) is 43.1. The smallest absolute Gasteiger partial charge is 0.319 e.